The van der Waals surface area contributed by atoms with Crippen LogP contribution < -0.4 is 5.32 Å². The Kier molecular flexibility index (Phi) is 3.99. The van der Waals surface area contributed by atoms with Gasteiger partial charge in [-0.2, -0.15) is 5.10 Å². The Morgan fingerprint density at radius 3 is 3.04 bits per heavy atom. The summed E-state index contributed by atoms with van der Waals surface area (Å²) in [4.78, 5) is 23.6. The molecule has 138 valence electrons. The molecule has 27 heavy (non-hydrogen) atoms. The van der Waals surface area contributed by atoms with Crippen molar-refractivity contribution < 1.29 is 4.79 Å². The fourth-order valence-corrected chi connectivity index (χ4v) is 4.18. The number of nitrogens with zero attached hydrogens (tertiary/aromatic N) is 4. The largest absolute Gasteiger partial charge is 0.365 e. The van der Waals surface area contributed by atoms with Gasteiger partial charge >= 0.3 is 0 Å². The van der Waals surface area contributed by atoms with Gasteiger partial charge in [0.05, 0.1) is 5.52 Å². The maximum Gasteiger partial charge on any atom is 0.274 e. The number of carbonyl (C=O) groups is 1. The fourth-order valence-electron chi connectivity index (χ4n) is 4.18. The predicted octanol–water partition coefficient (Wildman–Crippen LogP) is 2.56. The Morgan fingerprint density at radius 1 is 1.19 bits per heavy atom. The van der Waals surface area contributed by atoms with Crippen LogP contribution in [-0.4, -0.2) is 50.1 Å². The molecule has 1 aliphatic heterocycles. The molecule has 1 atom stereocenters. The number of likely N-dealkylation sites (tertiary alicyclic amines) is 1. The van der Waals surface area contributed by atoms with Gasteiger partial charge in [-0.05, 0) is 44.2 Å². The number of aryl methyl sites for hydroxylation is 1. The van der Waals surface area contributed by atoms with Crippen LogP contribution in [0.3, 0.4) is 0 Å². The second-order valence-electron chi connectivity index (χ2n) is 7.36. The Bertz CT molecular complexity index is 992. The van der Waals surface area contributed by atoms with Gasteiger partial charge in [0.25, 0.3) is 5.91 Å². The van der Waals surface area contributed by atoms with Crippen molar-refractivity contribution in [3.05, 3.63) is 47.5 Å². The molecule has 1 saturated heterocycles. The van der Waals surface area contributed by atoms with Crippen molar-refractivity contribution in [3.8, 4) is 0 Å². The first-order chi connectivity index (χ1) is 13.3. The summed E-state index contributed by atoms with van der Waals surface area (Å²) in [7, 11) is 0. The number of amides is 1. The van der Waals surface area contributed by atoms with Crippen molar-refractivity contribution in [2.45, 2.75) is 38.1 Å². The van der Waals surface area contributed by atoms with Gasteiger partial charge in [0, 0.05) is 35.8 Å². The molecule has 3 aromatic rings. The summed E-state index contributed by atoms with van der Waals surface area (Å²) in [6, 6.07) is 8.14. The third kappa shape index (κ3) is 2.93. The topological polar surface area (TPSA) is 86.8 Å². The van der Waals surface area contributed by atoms with E-state index >= 15 is 0 Å². The first-order valence-corrected chi connectivity index (χ1v) is 9.61. The first kappa shape index (κ1) is 16.2. The van der Waals surface area contributed by atoms with E-state index in [0.717, 1.165) is 60.2 Å². The number of anilines is 1. The van der Waals surface area contributed by atoms with Gasteiger partial charge in [0.2, 0.25) is 0 Å². The number of aromatic amines is 1. The third-order valence-corrected chi connectivity index (χ3v) is 5.62. The van der Waals surface area contributed by atoms with Crippen molar-refractivity contribution in [3.63, 3.8) is 0 Å². The molecule has 1 fully saturated rings. The van der Waals surface area contributed by atoms with Crippen LogP contribution in [0.1, 0.15) is 41.0 Å². The molecule has 1 aliphatic carbocycles. The Balaban J connectivity index is 1.31. The molecule has 7 nitrogen and oxygen atoms in total. The maximum atomic E-state index is 13.0. The number of hydrogen-bond acceptors (Lipinski definition) is 5. The summed E-state index contributed by atoms with van der Waals surface area (Å²) in [5.74, 6) is 0.878. The van der Waals surface area contributed by atoms with Gasteiger partial charge < -0.3 is 10.2 Å². The zero-order valence-electron chi connectivity index (χ0n) is 15.1. The molecule has 1 aromatic carbocycles. The van der Waals surface area contributed by atoms with E-state index in [0.29, 0.717) is 12.2 Å². The Hall–Kier alpha value is -2.96. The number of fused-ring (bicyclic) bond motifs is 2. The summed E-state index contributed by atoms with van der Waals surface area (Å²) < 4.78 is 0. The normalized spacial score (nSPS) is 19.3. The van der Waals surface area contributed by atoms with Crippen LogP contribution >= 0.6 is 0 Å². The van der Waals surface area contributed by atoms with E-state index in [4.69, 9.17) is 0 Å². The summed E-state index contributed by atoms with van der Waals surface area (Å²) in [5, 5.41) is 11.9. The molecule has 0 radical (unpaired) electrons. The lowest BCUT2D eigenvalue weighted by Gasteiger charge is -2.18. The van der Waals surface area contributed by atoms with Gasteiger partial charge in [0.15, 0.2) is 5.69 Å². The molecule has 3 heterocycles. The number of H-pyrrole nitrogens is 1. The SMILES string of the molecule is O=C(c1n[nH]c2c1CCCC2)N1CC[C@@H](Nc2ncnc3ccccc23)C1. The number of aromatic nitrogens is 4. The lowest BCUT2D eigenvalue weighted by Crippen LogP contribution is -2.32. The molecule has 7 heteroatoms. The average molecular weight is 362 g/mol. The van der Waals surface area contributed by atoms with E-state index in [2.05, 4.69) is 25.5 Å². The molecule has 0 bridgehead atoms. The van der Waals surface area contributed by atoms with Crippen LogP contribution in [0.25, 0.3) is 10.9 Å². The van der Waals surface area contributed by atoms with Gasteiger partial charge in [-0.3, -0.25) is 9.89 Å². The molecule has 2 N–H and O–H groups in total. The highest BCUT2D eigenvalue weighted by Gasteiger charge is 2.31. The number of carbonyl (C=O) groups excluding carboxylic acids is 1. The van der Waals surface area contributed by atoms with E-state index in [9.17, 15) is 4.79 Å². The third-order valence-electron chi connectivity index (χ3n) is 5.62. The van der Waals surface area contributed by atoms with E-state index in [-0.39, 0.29) is 11.9 Å². The van der Waals surface area contributed by atoms with E-state index in [1.54, 1.807) is 6.33 Å². The average Bonchev–Trinajstić information content (AvgIpc) is 3.35. The van der Waals surface area contributed by atoms with Crippen LogP contribution in [0.15, 0.2) is 30.6 Å². The molecule has 2 aliphatic rings. The van der Waals surface area contributed by atoms with Gasteiger partial charge in [-0.15, -0.1) is 0 Å². The van der Waals surface area contributed by atoms with Crippen LogP contribution in [0, 0.1) is 0 Å². The summed E-state index contributed by atoms with van der Waals surface area (Å²) in [5.41, 5.74) is 3.82. The number of benzene rings is 1. The molecule has 1 amide bonds. The molecule has 5 rings (SSSR count). The monoisotopic (exact) mass is 362 g/mol. The first-order valence-electron chi connectivity index (χ1n) is 9.61. The minimum Gasteiger partial charge on any atom is -0.365 e. The van der Waals surface area contributed by atoms with Gasteiger partial charge in [0.1, 0.15) is 12.1 Å². The van der Waals surface area contributed by atoms with E-state index < -0.39 is 0 Å². The van der Waals surface area contributed by atoms with Crippen molar-refractivity contribution in [2.24, 2.45) is 0 Å². The summed E-state index contributed by atoms with van der Waals surface area (Å²) in [6.07, 6.45) is 6.74. The van der Waals surface area contributed by atoms with Crippen LogP contribution in [0.4, 0.5) is 5.82 Å². The zero-order chi connectivity index (χ0) is 18.2. The van der Waals surface area contributed by atoms with Crippen LogP contribution in [-0.2, 0) is 12.8 Å². The molecular formula is C20H22N6O. The van der Waals surface area contributed by atoms with Crippen LogP contribution in [0.2, 0.25) is 0 Å². The molecular weight excluding hydrogens is 340 g/mol. The Morgan fingerprint density at radius 2 is 2.07 bits per heavy atom. The highest BCUT2D eigenvalue weighted by atomic mass is 16.2. The van der Waals surface area contributed by atoms with Crippen molar-refractivity contribution in [1.82, 2.24) is 25.1 Å². The number of nitrogens with one attached hydrogen (secondary N) is 2. The minimum atomic E-state index is 0.0474. The standard InChI is InChI=1S/C20H22N6O/c27-20(18-14-5-1-4-8-17(14)24-25-18)26-10-9-13(11-26)23-19-15-6-2-3-7-16(15)21-12-22-19/h2-3,6-7,12-13H,1,4-5,8-11H2,(H,24,25)(H,21,22,23)/t13-/m1/s1. The lowest BCUT2D eigenvalue weighted by molar-refractivity contribution is 0.0784. The van der Waals surface area contributed by atoms with E-state index in [1.807, 2.05) is 29.2 Å². The van der Waals surface area contributed by atoms with Crippen molar-refractivity contribution >= 4 is 22.6 Å². The predicted molar refractivity (Wildman–Crippen MR) is 103 cm³/mol. The second kappa shape index (κ2) is 6.64. The highest BCUT2D eigenvalue weighted by Crippen LogP contribution is 2.26. The fraction of sp³-hybridized carbons (Fsp3) is 0.400. The molecule has 0 saturated carbocycles. The smallest absolute Gasteiger partial charge is 0.274 e. The Labute approximate surface area is 157 Å². The van der Waals surface area contributed by atoms with Crippen LogP contribution in [0.5, 0.6) is 0 Å². The second-order valence-corrected chi connectivity index (χ2v) is 7.36. The maximum absolute atomic E-state index is 13.0. The number of rotatable bonds is 3. The van der Waals surface area contributed by atoms with Crippen molar-refractivity contribution in [1.29, 1.82) is 0 Å². The summed E-state index contributed by atoms with van der Waals surface area (Å²) >= 11 is 0. The van der Waals surface area contributed by atoms with Gasteiger partial charge in [-0.25, -0.2) is 9.97 Å². The van der Waals surface area contributed by atoms with E-state index in [1.165, 1.54) is 6.42 Å². The quantitative estimate of drug-likeness (QED) is 0.748. The summed E-state index contributed by atoms with van der Waals surface area (Å²) in [6.45, 7) is 1.40. The van der Waals surface area contributed by atoms with Gasteiger partial charge in [-0.1, -0.05) is 12.1 Å². The molecule has 0 unspecified atom stereocenters. The zero-order valence-corrected chi connectivity index (χ0v) is 15.1. The number of hydrogen-bond donors (Lipinski definition) is 2. The lowest BCUT2D eigenvalue weighted by atomic mass is 9.95. The highest BCUT2D eigenvalue weighted by molar-refractivity contribution is 5.94. The number of para-hydroxylation sites is 1. The minimum absolute atomic E-state index is 0.0474. The molecule has 2 aromatic heterocycles. The van der Waals surface area contributed by atoms with Crippen molar-refractivity contribution in [2.75, 3.05) is 18.4 Å². The molecule has 0 spiro atoms.